The van der Waals surface area contributed by atoms with Crippen LogP contribution in [0.4, 0.5) is 0 Å². The van der Waals surface area contributed by atoms with Gasteiger partial charge in [0.05, 0.1) is 5.56 Å². The molecule has 0 atom stereocenters. The fraction of sp³-hybridized carbons (Fsp3) is 0.0698. The van der Waals surface area contributed by atoms with Crippen LogP contribution in [0.2, 0.25) is 0 Å². The number of nitrogens with zero attached hydrogens (tertiary/aromatic N) is 4. The lowest BCUT2D eigenvalue weighted by Gasteiger charge is -2.22. The van der Waals surface area contributed by atoms with E-state index >= 15 is 0 Å². The van der Waals surface area contributed by atoms with Crippen molar-refractivity contribution in [1.29, 1.82) is 0 Å². The summed E-state index contributed by atoms with van der Waals surface area (Å²) in [6.45, 7) is 4.56. The smallest absolute Gasteiger partial charge is 0.181 e. The molecule has 0 spiro atoms. The molecule has 1 aliphatic rings. The zero-order chi connectivity index (χ0) is 32.7. The van der Waals surface area contributed by atoms with E-state index in [1.165, 1.54) is 28.6 Å². The SMILES string of the molecule is CC1(C)c2cc(-c3cccc4c3oc3c(-c5nc(-c6ccccc6)nc(-c6ccccc6)n5)cccc34)ccc2-c2cc3ncoc3cc21. The van der Waals surface area contributed by atoms with Crippen molar-refractivity contribution in [1.82, 2.24) is 19.9 Å². The number of oxazole rings is 1. The van der Waals surface area contributed by atoms with E-state index in [1.807, 2.05) is 72.8 Å². The molecule has 6 nitrogen and oxygen atoms in total. The number of hydrogen-bond acceptors (Lipinski definition) is 6. The van der Waals surface area contributed by atoms with E-state index in [0.29, 0.717) is 17.5 Å². The van der Waals surface area contributed by atoms with Gasteiger partial charge < -0.3 is 8.83 Å². The fourth-order valence-corrected chi connectivity index (χ4v) is 7.40. The van der Waals surface area contributed by atoms with Crippen molar-refractivity contribution in [3.8, 4) is 56.4 Å². The third kappa shape index (κ3) is 4.20. The molecule has 0 bridgehead atoms. The number of para-hydroxylation sites is 2. The molecule has 6 heteroatoms. The molecule has 0 amide bonds. The minimum atomic E-state index is -0.206. The zero-order valence-corrected chi connectivity index (χ0v) is 26.8. The van der Waals surface area contributed by atoms with Crippen LogP contribution < -0.4 is 0 Å². The van der Waals surface area contributed by atoms with Crippen LogP contribution in [0, 0.1) is 0 Å². The molecular formula is C43H28N4O2. The van der Waals surface area contributed by atoms with Crippen molar-refractivity contribution in [3.63, 3.8) is 0 Å². The Labute approximate surface area is 281 Å². The minimum absolute atomic E-state index is 0.206. The molecule has 0 radical (unpaired) electrons. The van der Waals surface area contributed by atoms with E-state index in [4.69, 9.17) is 23.8 Å². The monoisotopic (exact) mass is 632 g/mol. The van der Waals surface area contributed by atoms with Crippen LogP contribution >= 0.6 is 0 Å². The molecule has 0 aliphatic heterocycles. The summed E-state index contributed by atoms with van der Waals surface area (Å²) >= 11 is 0. The first-order chi connectivity index (χ1) is 24.0. The van der Waals surface area contributed by atoms with E-state index in [-0.39, 0.29) is 5.41 Å². The molecule has 1 aliphatic carbocycles. The van der Waals surface area contributed by atoms with Gasteiger partial charge in [-0.3, -0.25) is 0 Å². The van der Waals surface area contributed by atoms with Gasteiger partial charge in [0.1, 0.15) is 16.7 Å². The highest BCUT2D eigenvalue weighted by molar-refractivity contribution is 6.12. The Bertz CT molecular complexity index is 2690. The summed E-state index contributed by atoms with van der Waals surface area (Å²) in [4.78, 5) is 19.3. The second-order valence-electron chi connectivity index (χ2n) is 13.1. The summed E-state index contributed by atoms with van der Waals surface area (Å²) in [5.41, 5.74) is 12.8. The summed E-state index contributed by atoms with van der Waals surface area (Å²) in [6, 6.07) is 43.7. The lowest BCUT2D eigenvalue weighted by Crippen LogP contribution is -2.15. The topological polar surface area (TPSA) is 77.8 Å². The fourth-order valence-electron chi connectivity index (χ4n) is 7.40. The predicted molar refractivity (Wildman–Crippen MR) is 194 cm³/mol. The molecule has 3 aromatic heterocycles. The Morgan fingerprint density at radius 2 is 1.10 bits per heavy atom. The second-order valence-corrected chi connectivity index (χ2v) is 13.1. The Morgan fingerprint density at radius 3 is 1.80 bits per heavy atom. The maximum Gasteiger partial charge on any atom is 0.181 e. The largest absolute Gasteiger partial charge is 0.455 e. The van der Waals surface area contributed by atoms with E-state index in [0.717, 1.165) is 60.9 Å². The average Bonchev–Trinajstić information content (AvgIpc) is 3.84. The third-order valence-corrected chi connectivity index (χ3v) is 9.90. The summed E-state index contributed by atoms with van der Waals surface area (Å²) < 4.78 is 12.5. The Hall–Kier alpha value is -6.40. The van der Waals surface area contributed by atoms with Crippen LogP contribution in [-0.4, -0.2) is 19.9 Å². The number of rotatable bonds is 4. The van der Waals surface area contributed by atoms with Crippen molar-refractivity contribution >= 4 is 33.0 Å². The first-order valence-electron chi connectivity index (χ1n) is 16.4. The van der Waals surface area contributed by atoms with Gasteiger partial charge >= 0.3 is 0 Å². The van der Waals surface area contributed by atoms with Crippen LogP contribution in [-0.2, 0) is 5.41 Å². The highest BCUT2D eigenvalue weighted by Gasteiger charge is 2.36. The average molecular weight is 633 g/mol. The van der Waals surface area contributed by atoms with Gasteiger partial charge in [0, 0.05) is 32.9 Å². The first kappa shape index (κ1) is 27.7. The first-order valence-corrected chi connectivity index (χ1v) is 16.4. The van der Waals surface area contributed by atoms with Crippen molar-refractivity contribution in [2.75, 3.05) is 0 Å². The Balaban J connectivity index is 1.15. The van der Waals surface area contributed by atoms with E-state index < -0.39 is 0 Å². The number of benzene rings is 6. The molecular weight excluding hydrogens is 604 g/mol. The van der Waals surface area contributed by atoms with Crippen LogP contribution in [0.5, 0.6) is 0 Å². The standard InChI is InChI=1S/C43H28N4O2/c1-43(2)34-21-27(19-20-29(34)33-22-36-37(23-35(33)43)48-24-44-36)28-15-9-16-30-31-17-10-18-32(39(31)49-38(28)30)42-46-40(25-11-5-3-6-12-25)45-41(47-42)26-13-7-4-8-14-26/h3-24H,1-2H3. The highest BCUT2D eigenvalue weighted by Crippen LogP contribution is 2.51. The molecule has 6 aromatic carbocycles. The van der Waals surface area contributed by atoms with Crippen molar-refractivity contribution < 1.29 is 8.83 Å². The minimum Gasteiger partial charge on any atom is -0.455 e. The van der Waals surface area contributed by atoms with Crippen LogP contribution in [0.25, 0.3) is 89.5 Å². The van der Waals surface area contributed by atoms with Gasteiger partial charge in [-0.15, -0.1) is 0 Å². The van der Waals surface area contributed by atoms with Gasteiger partial charge in [-0.1, -0.05) is 117 Å². The number of fused-ring (bicyclic) bond motifs is 7. The molecule has 232 valence electrons. The van der Waals surface area contributed by atoms with Gasteiger partial charge in [-0.25, -0.2) is 19.9 Å². The predicted octanol–water partition coefficient (Wildman–Crippen LogP) is 10.9. The van der Waals surface area contributed by atoms with Gasteiger partial charge in [-0.05, 0) is 52.1 Å². The van der Waals surface area contributed by atoms with Gasteiger partial charge in [0.25, 0.3) is 0 Å². The van der Waals surface area contributed by atoms with Crippen LogP contribution in [0.1, 0.15) is 25.0 Å². The molecule has 49 heavy (non-hydrogen) atoms. The molecule has 10 rings (SSSR count). The van der Waals surface area contributed by atoms with Crippen molar-refractivity contribution in [2.24, 2.45) is 0 Å². The quantitative estimate of drug-likeness (QED) is 0.192. The lowest BCUT2D eigenvalue weighted by atomic mass is 9.81. The molecule has 0 N–H and O–H groups in total. The van der Waals surface area contributed by atoms with E-state index in [9.17, 15) is 0 Å². The lowest BCUT2D eigenvalue weighted by molar-refractivity contribution is 0.598. The summed E-state index contributed by atoms with van der Waals surface area (Å²) in [5, 5.41) is 2.06. The zero-order valence-electron chi connectivity index (χ0n) is 26.8. The van der Waals surface area contributed by atoms with Gasteiger partial charge in [0.2, 0.25) is 0 Å². The van der Waals surface area contributed by atoms with Gasteiger partial charge in [-0.2, -0.15) is 0 Å². The molecule has 9 aromatic rings. The maximum absolute atomic E-state index is 6.87. The molecule has 0 saturated heterocycles. The molecule has 0 fully saturated rings. The molecule has 0 saturated carbocycles. The molecule has 3 heterocycles. The molecule has 0 unspecified atom stereocenters. The van der Waals surface area contributed by atoms with Crippen LogP contribution in [0.3, 0.4) is 0 Å². The summed E-state index contributed by atoms with van der Waals surface area (Å²) in [6.07, 6.45) is 1.52. The number of aromatic nitrogens is 4. The van der Waals surface area contributed by atoms with Crippen LogP contribution in [0.15, 0.2) is 143 Å². The second kappa shape index (κ2) is 10.3. The summed E-state index contributed by atoms with van der Waals surface area (Å²) in [7, 11) is 0. The van der Waals surface area contributed by atoms with E-state index in [2.05, 4.69) is 73.4 Å². The normalized spacial score (nSPS) is 13.3. The summed E-state index contributed by atoms with van der Waals surface area (Å²) in [5.74, 6) is 1.79. The Kier molecular flexibility index (Phi) is 5.82. The van der Waals surface area contributed by atoms with Crippen molar-refractivity contribution in [2.45, 2.75) is 19.3 Å². The van der Waals surface area contributed by atoms with Crippen molar-refractivity contribution in [3.05, 3.63) is 145 Å². The van der Waals surface area contributed by atoms with E-state index in [1.54, 1.807) is 0 Å². The Morgan fingerprint density at radius 1 is 0.490 bits per heavy atom. The number of furan rings is 1. The van der Waals surface area contributed by atoms with Gasteiger partial charge in [0.15, 0.2) is 29.4 Å². The maximum atomic E-state index is 6.87. The number of hydrogen-bond donors (Lipinski definition) is 0. The third-order valence-electron chi connectivity index (χ3n) is 9.90. The highest BCUT2D eigenvalue weighted by atomic mass is 16.3.